The molecular formula is C17H15ClN2O4S. The van der Waals surface area contributed by atoms with Gasteiger partial charge in [-0.2, -0.15) is 0 Å². The SMILES string of the molecule is COc1ccc(C(=O)NC(=S)Nc2ccc(C(=O)O)cc2C)cc1Cl. The molecule has 0 aliphatic heterocycles. The largest absolute Gasteiger partial charge is 0.495 e. The number of halogens is 1. The van der Waals surface area contributed by atoms with Gasteiger partial charge >= 0.3 is 5.97 Å². The molecule has 25 heavy (non-hydrogen) atoms. The molecule has 0 radical (unpaired) electrons. The number of ether oxygens (including phenoxy) is 1. The Balaban J connectivity index is 2.06. The van der Waals surface area contributed by atoms with Crippen LogP contribution in [-0.2, 0) is 0 Å². The molecule has 0 aliphatic rings. The standard InChI is InChI=1S/C17H15ClN2O4S/c1-9-7-11(16(22)23)3-5-13(9)19-17(25)20-15(21)10-4-6-14(24-2)12(18)8-10/h3-8H,1-2H3,(H,22,23)(H2,19,20,21,25). The molecule has 0 aromatic heterocycles. The van der Waals surface area contributed by atoms with E-state index in [0.717, 1.165) is 0 Å². The molecule has 0 spiro atoms. The monoisotopic (exact) mass is 378 g/mol. The van der Waals surface area contributed by atoms with Gasteiger partial charge in [0.15, 0.2) is 5.11 Å². The highest BCUT2D eigenvalue weighted by atomic mass is 35.5. The highest BCUT2D eigenvalue weighted by Gasteiger charge is 2.12. The number of carboxylic acids is 1. The third kappa shape index (κ3) is 4.68. The normalized spacial score (nSPS) is 10.0. The molecule has 0 fully saturated rings. The highest BCUT2D eigenvalue weighted by Crippen LogP contribution is 2.24. The van der Waals surface area contributed by atoms with Crippen LogP contribution in [0, 0.1) is 6.92 Å². The Morgan fingerprint density at radius 2 is 1.84 bits per heavy atom. The molecule has 0 aliphatic carbocycles. The lowest BCUT2D eigenvalue weighted by atomic mass is 10.1. The Morgan fingerprint density at radius 1 is 1.16 bits per heavy atom. The van der Waals surface area contributed by atoms with E-state index in [4.69, 9.17) is 33.7 Å². The average Bonchev–Trinajstić information content (AvgIpc) is 2.56. The fourth-order valence-corrected chi connectivity index (χ4v) is 2.53. The number of methoxy groups -OCH3 is 1. The first-order chi connectivity index (χ1) is 11.8. The van der Waals surface area contributed by atoms with Gasteiger partial charge in [-0.15, -0.1) is 0 Å². The Kier molecular flexibility index (Phi) is 5.95. The minimum atomic E-state index is -1.01. The highest BCUT2D eigenvalue weighted by molar-refractivity contribution is 7.80. The molecule has 130 valence electrons. The lowest BCUT2D eigenvalue weighted by Crippen LogP contribution is -2.34. The molecule has 0 unspecified atom stereocenters. The average molecular weight is 379 g/mol. The van der Waals surface area contributed by atoms with E-state index in [2.05, 4.69) is 10.6 Å². The van der Waals surface area contributed by atoms with Crippen LogP contribution in [-0.4, -0.2) is 29.2 Å². The third-order valence-corrected chi connectivity index (χ3v) is 3.86. The summed E-state index contributed by atoms with van der Waals surface area (Å²) in [6.07, 6.45) is 0. The zero-order valence-corrected chi connectivity index (χ0v) is 15.0. The number of hydrogen-bond acceptors (Lipinski definition) is 4. The molecule has 2 rings (SSSR count). The molecule has 0 bridgehead atoms. The van der Waals surface area contributed by atoms with Crippen molar-refractivity contribution in [2.45, 2.75) is 6.92 Å². The fourth-order valence-electron chi connectivity index (χ4n) is 2.07. The number of thiocarbonyl (C=S) groups is 1. The predicted octanol–water partition coefficient (Wildman–Crippen LogP) is 3.48. The summed E-state index contributed by atoms with van der Waals surface area (Å²) in [5.41, 5.74) is 1.78. The van der Waals surface area contributed by atoms with Crippen molar-refractivity contribution in [3.8, 4) is 5.75 Å². The number of benzene rings is 2. The summed E-state index contributed by atoms with van der Waals surface area (Å²) in [5, 5.41) is 14.8. The molecule has 0 saturated heterocycles. The number of aromatic carboxylic acids is 1. The molecule has 3 N–H and O–H groups in total. The van der Waals surface area contributed by atoms with Crippen LogP contribution in [0.5, 0.6) is 5.75 Å². The Morgan fingerprint density at radius 3 is 2.40 bits per heavy atom. The van der Waals surface area contributed by atoms with Gasteiger partial charge in [-0.25, -0.2) is 4.79 Å². The van der Waals surface area contributed by atoms with Gasteiger partial charge in [-0.05, 0) is 61.1 Å². The Bertz CT molecular complexity index is 855. The van der Waals surface area contributed by atoms with Gasteiger partial charge in [-0.3, -0.25) is 10.1 Å². The first-order valence-electron chi connectivity index (χ1n) is 7.11. The van der Waals surface area contributed by atoms with Gasteiger partial charge in [0.25, 0.3) is 5.91 Å². The number of aryl methyl sites for hydroxylation is 1. The van der Waals surface area contributed by atoms with Crippen molar-refractivity contribution >= 4 is 46.5 Å². The first kappa shape index (κ1) is 18.7. The van der Waals surface area contributed by atoms with E-state index in [9.17, 15) is 9.59 Å². The van der Waals surface area contributed by atoms with Gasteiger partial charge in [-0.1, -0.05) is 11.6 Å². The van der Waals surface area contributed by atoms with Crippen LogP contribution in [0.1, 0.15) is 26.3 Å². The van der Waals surface area contributed by atoms with Crippen molar-refractivity contribution < 1.29 is 19.4 Å². The topological polar surface area (TPSA) is 87.7 Å². The maximum atomic E-state index is 12.2. The smallest absolute Gasteiger partial charge is 0.335 e. The minimum Gasteiger partial charge on any atom is -0.495 e. The van der Waals surface area contributed by atoms with E-state index in [1.807, 2.05) is 0 Å². The summed E-state index contributed by atoms with van der Waals surface area (Å²) in [7, 11) is 1.48. The zero-order valence-electron chi connectivity index (χ0n) is 13.4. The quantitative estimate of drug-likeness (QED) is 0.706. The number of carbonyl (C=O) groups excluding carboxylic acids is 1. The van der Waals surface area contributed by atoms with Crippen LogP contribution in [0.4, 0.5) is 5.69 Å². The second-order valence-electron chi connectivity index (χ2n) is 5.09. The van der Waals surface area contributed by atoms with Gasteiger partial charge in [0.05, 0.1) is 17.7 Å². The number of hydrogen-bond donors (Lipinski definition) is 3. The summed E-state index contributed by atoms with van der Waals surface area (Å²) in [4.78, 5) is 23.1. The number of amides is 1. The van der Waals surface area contributed by atoms with Crippen LogP contribution >= 0.6 is 23.8 Å². The lowest BCUT2D eigenvalue weighted by molar-refractivity contribution is 0.0696. The van der Waals surface area contributed by atoms with Gasteiger partial charge in [0.1, 0.15) is 5.75 Å². The molecule has 2 aromatic rings. The van der Waals surface area contributed by atoms with Crippen LogP contribution in [0.25, 0.3) is 0 Å². The van der Waals surface area contributed by atoms with Gasteiger partial charge in [0, 0.05) is 11.3 Å². The summed E-state index contributed by atoms with van der Waals surface area (Å²) < 4.78 is 5.04. The van der Waals surface area contributed by atoms with Crippen molar-refractivity contribution in [1.82, 2.24) is 5.32 Å². The molecular weight excluding hydrogens is 364 g/mol. The number of rotatable bonds is 4. The van der Waals surface area contributed by atoms with E-state index >= 15 is 0 Å². The van der Waals surface area contributed by atoms with Crippen LogP contribution in [0.15, 0.2) is 36.4 Å². The molecule has 6 nitrogen and oxygen atoms in total. The summed E-state index contributed by atoms with van der Waals surface area (Å²) in [5.74, 6) is -0.975. The van der Waals surface area contributed by atoms with Crippen LogP contribution in [0.2, 0.25) is 5.02 Å². The van der Waals surface area contributed by atoms with Crippen LogP contribution < -0.4 is 15.4 Å². The summed E-state index contributed by atoms with van der Waals surface area (Å²) in [6, 6.07) is 9.18. The van der Waals surface area contributed by atoms with Crippen molar-refractivity contribution in [3.05, 3.63) is 58.1 Å². The fraction of sp³-hybridized carbons (Fsp3) is 0.118. The first-order valence-corrected chi connectivity index (χ1v) is 7.90. The number of anilines is 1. The van der Waals surface area contributed by atoms with Crippen molar-refractivity contribution in [3.63, 3.8) is 0 Å². The predicted molar refractivity (Wildman–Crippen MR) is 99.8 cm³/mol. The van der Waals surface area contributed by atoms with Crippen molar-refractivity contribution in [2.24, 2.45) is 0 Å². The van der Waals surface area contributed by atoms with E-state index < -0.39 is 11.9 Å². The van der Waals surface area contributed by atoms with Gasteiger partial charge < -0.3 is 15.2 Å². The van der Waals surface area contributed by atoms with Crippen molar-refractivity contribution in [2.75, 3.05) is 12.4 Å². The van der Waals surface area contributed by atoms with Gasteiger partial charge in [0.2, 0.25) is 0 Å². The number of carbonyl (C=O) groups is 2. The molecule has 0 saturated carbocycles. The molecule has 0 atom stereocenters. The summed E-state index contributed by atoms with van der Waals surface area (Å²) in [6.45, 7) is 1.74. The zero-order chi connectivity index (χ0) is 18.6. The summed E-state index contributed by atoms with van der Waals surface area (Å²) >= 11 is 11.1. The molecule has 0 heterocycles. The Hall–Kier alpha value is -2.64. The van der Waals surface area contributed by atoms with E-state index in [1.54, 1.807) is 25.1 Å². The maximum absolute atomic E-state index is 12.2. The maximum Gasteiger partial charge on any atom is 0.335 e. The molecule has 8 heteroatoms. The molecule has 2 aromatic carbocycles. The van der Waals surface area contributed by atoms with E-state index in [0.29, 0.717) is 27.6 Å². The van der Waals surface area contributed by atoms with E-state index in [1.165, 1.54) is 25.3 Å². The number of carboxylic acid groups (broad SMARTS) is 1. The van der Waals surface area contributed by atoms with Crippen LogP contribution in [0.3, 0.4) is 0 Å². The second-order valence-corrected chi connectivity index (χ2v) is 5.91. The van der Waals surface area contributed by atoms with Crippen molar-refractivity contribution in [1.29, 1.82) is 0 Å². The second kappa shape index (κ2) is 7.96. The molecule has 1 amide bonds. The lowest BCUT2D eigenvalue weighted by Gasteiger charge is -2.12. The minimum absolute atomic E-state index is 0.0862. The van der Waals surface area contributed by atoms with E-state index in [-0.39, 0.29) is 10.7 Å². The number of nitrogens with one attached hydrogen (secondary N) is 2. The Labute approximate surface area is 154 Å². The third-order valence-electron chi connectivity index (χ3n) is 3.36.